The number of nitrogens with zero attached hydrogens (tertiary/aromatic N) is 1. The Morgan fingerprint density at radius 3 is 2.57 bits per heavy atom. The molecule has 0 aromatic carbocycles. The van der Waals surface area contributed by atoms with Gasteiger partial charge in [0.1, 0.15) is 0 Å². The molecule has 4 rings (SSSR count). The summed E-state index contributed by atoms with van der Waals surface area (Å²) in [6, 6.07) is 0. The quantitative estimate of drug-likeness (QED) is 0.549. The highest BCUT2D eigenvalue weighted by Gasteiger charge is 2.58. The van der Waals surface area contributed by atoms with E-state index in [0.717, 1.165) is 30.6 Å². The van der Waals surface area contributed by atoms with Crippen molar-refractivity contribution in [1.29, 1.82) is 0 Å². The van der Waals surface area contributed by atoms with Gasteiger partial charge in [-0.3, -0.25) is 0 Å². The first-order chi connectivity index (χ1) is 10.9. The Labute approximate surface area is 140 Å². The second-order valence-corrected chi connectivity index (χ2v) is 9.22. The van der Waals surface area contributed by atoms with Gasteiger partial charge in [0.25, 0.3) is 0 Å². The third kappa shape index (κ3) is 1.89. The summed E-state index contributed by atoms with van der Waals surface area (Å²) in [6.45, 7) is 14.9. The molecule has 0 aromatic heterocycles. The van der Waals surface area contributed by atoms with Gasteiger partial charge in [-0.05, 0) is 79.4 Å². The van der Waals surface area contributed by atoms with Crippen LogP contribution in [0.3, 0.4) is 0 Å². The van der Waals surface area contributed by atoms with Crippen LogP contribution in [0.2, 0.25) is 0 Å². The maximum Gasteiger partial charge on any atom is 0.229 e. The topological polar surface area (TPSA) is 21.4 Å². The molecule has 0 heterocycles. The molecule has 0 aliphatic heterocycles. The third-order valence-electron chi connectivity index (χ3n) is 8.68. The predicted molar refractivity (Wildman–Crippen MR) is 91.4 cm³/mol. The van der Waals surface area contributed by atoms with Crippen LogP contribution >= 0.6 is 0 Å². The molecule has 2 heteroatoms. The van der Waals surface area contributed by atoms with Gasteiger partial charge >= 0.3 is 0 Å². The number of hydrogen-bond acceptors (Lipinski definition) is 1. The van der Waals surface area contributed by atoms with Gasteiger partial charge in [-0.2, -0.15) is 0 Å². The minimum atomic E-state index is 0.112. The summed E-state index contributed by atoms with van der Waals surface area (Å²) in [5.41, 5.74) is 2.43. The number of rotatable bonds is 0. The minimum Gasteiger partial charge on any atom is -0.308 e. The fourth-order valence-corrected chi connectivity index (χ4v) is 7.08. The molecule has 23 heavy (non-hydrogen) atoms. The van der Waals surface area contributed by atoms with Crippen LogP contribution in [-0.2, 0) is 4.79 Å². The number of carbonyl (C=O) groups is 1. The first-order valence-corrected chi connectivity index (χ1v) is 9.56. The van der Waals surface area contributed by atoms with E-state index < -0.39 is 0 Å². The van der Waals surface area contributed by atoms with Crippen molar-refractivity contribution in [3.63, 3.8) is 0 Å². The number of fused-ring (bicyclic) bond motifs is 5. The van der Waals surface area contributed by atoms with Crippen LogP contribution < -0.4 is 0 Å². The van der Waals surface area contributed by atoms with Crippen molar-refractivity contribution in [2.45, 2.75) is 72.1 Å². The van der Waals surface area contributed by atoms with Gasteiger partial charge in [-0.1, -0.05) is 26.3 Å². The third-order valence-corrected chi connectivity index (χ3v) is 8.68. The van der Waals surface area contributed by atoms with Gasteiger partial charge in [-0.25, -0.2) is 4.85 Å². The van der Waals surface area contributed by atoms with Crippen molar-refractivity contribution in [2.24, 2.45) is 34.5 Å². The fourth-order valence-electron chi connectivity index (χ4n) is 7.08. The van der Waals surface area contributed by atoms with E-state index in [1.165, 1.54) is 37.7 Å². The SMILES string of the molecule is [C-]#[N+]C1=C2CCC3C4CCC(C)[C@]4(C)CCC3[C@]2(C)CCC1=O. The standard InChI is InChI=1S/C21H29NO/c1-13-5-7-15-14-6-8-17-19(22-4)18(23)10-12-21(17,3)16(14)9-11-20(13,15)2/h13-16H,5-12H2,1-3H3/t13?,14?,15?,16?,20-,21-/m0/s1. The Balaban J connectivity index is 1.74. The van der Waals surface area contributed by atoms with Gasteiger partial charge in [0, 0.05) is 6.42 Å². The van der Waals surface area contributed by atoms with Gasteiger partial charge < -0.3 is 4.79 Å². The molecule has 0 bridgehead atoms. The first-order valence-electron chi connectivity index (χ1n) is 9.56. The second-order valence-electron chi connectivity index (χ2n) is 9.22. The molecule has 0 radical (unpaired) electrons. The van der Waals surface area contributed by atoms with Crippen LogP contribution in [0.15, 0.2) is 11.3 Å². The van der Waals surface area contributed by atoms with Crippen molar-refractivity contribution in [3.8, 4) is 0 Å². The summed E-state index contributed by atoms with van der Waals surface area (Å²) in [7, 11) is 0. The Morgan fingerprint density at radius 2 is 1.83 bits per heavy atom. The molecule has 2 nitrogen and oxygen atoms in total. The first kappa shape index (κ1) is 15.4. The molecule has 0 aromatic rings. The van der Waals surface area contributed by atoms with Crippen molar-refractivity contribution >= 4 is 5.78 Å². The van der Waals surface area contributed by atoms with Crippen LogP contribution in [0, 0.1) is 41.1 Å². The van der Waals surface area contributed by atoms with E-state index in [0.29, 0.717) is 23.5 Å². The summed E-state index contributed by atoms with van der Waals surface area (Å²) in [5.74, 6) is 3.39. The van der Waals surface area contributed by atoms with Gasteiger partial charge in [-0.15, -0.1) is 0 Å². The predicted octanol–water partition coefficient (Wildman–Crippen LogP) is 5.40. The lowest BCUT2D eigenvalue weighted by atomic mass is 9.46. The molecule has 3 saturated carbocycles. The summed E-state index contributed by atoms with van der Waals surface area (Å²) < 4.78 is 0. The van der Waals surface area contributed by atoms with E-state index in [4.69, 9.17) is 6.57 Å². The zero-order valence-electron chi connectivity index (χ0n) is 14.8. The lowest BCUT2D eigenvalue weighted by molar-refractivity contribution is -0.118. The minimum absolute atomic E-state index is 0.112. The van der Waals surface area contributed by atoms with E-state index in [2.05, 4.69) is 25.6 Å². The van der Waals surface area contributed by atoms with Crippen LogP contribution in [-0.4, -0.2) is 5.78 Å². The number of carbonyl (C=O) groups excluding carboxylic acids is 1. The Morgan fingerprint density at radius 1 is 1.04 bits per heavy atom. The number of allylic oxidation sites excluding steroid dienone is 1. The lowest BCUT2D eigenvalue weighted by Crippen LogP contribution is -2.50. The summed E-state index contributed by atoms with van der Waals surface area (Å²) in [4.78, 5) is 15.9. The molecule has 124 valence electrons. The summed E-state index contributed by atoms with van der Waals surface area (Å²) >= 11 is 0. The molecule has 3 fully saturated rings. The van der Waals surface area contributed by atoms with Crippen LogP contribution in [0.4, 0.5) is 0 Å². The fraction of sp³-hybridized carbons (Fsp3) is 0.810. The molecule has 0 saturated heterocycles. The van der Waals surface area contributed by atoms with Crippen LogP contribution in [0.25, 0.3) is 4.85 Å². The second kappa shape index (κ2) is 4.95. The van der Waals surface area contributed by atoms with E-state index in [1.54, 1.807) is 0 Å². The van der Waals surface area contributed by atoms with Gasteiger partial charge in [0.05, 0.1) is 6.57 Å². The zero-order chi connectivity index (χ0) is 16.4. The molecule has 0 spiro atoms. The zero-order valence-corrected chi connectivity index (χ0v) is 14.8. The van der Waals surface area contributed by atoms with E-state index >= 15 is 0 Å². The maximum atomic E-state index is 12.2. The molecule has 4 aliphatic carbocycles. The number of hydrogen-bond donors (Lipinski definition) is 0. The smallest absolute Gasteiger partial charge is 0.229 e. The highest BCUT2D eigenvalue weighted by molar-refractivity contribution is 5.99. The Hall–Kier alpha value is -1.10. The average molecular weight is 311 g/mol. The Bertz CT molecular complexity index is 626. The van der Waals surface area contributed by atoms with Crippen molar-refractivity contribution in [1.82, 2.24) is 0 Å². The van der Waals surface area contributed by atoms with Gasteiger partial charge in [0.15, 0.2) is 5.78 Å². The molecular formula is C21H29NO. The molecule has 4 unspecified atom stereocenters. The molecule has 0 amide bonds. The van der Waals surface area contributed by atoms with Crippen molar-refractivity contribution in [3.05, 3.63) is 22.7 Å². The molecule has 6 atom stereocenters. The number of Topliss-reactive ketones (excluding diaryl/α,β-unsaturated/α-hetero) is 1. The lowest BCUT2D eigenvalue weighted by Gasteiger charge is -2.58. The summed E-state index contributed by atoms with van der Waals surface area (Å²) in [5, 5.41) is 0. The molecule has 0 N–H and O–H groups in total. The van der Waals surface area contributed by atoms with Crippen molar-refractivity contribution in [2.75, 3.05) is 0 Å². The average Bonchev–Trinajstić information content (AvgIpc) is 2.83. The summed E-state index contributed by atoms with van der Waals surface area (Å²) in [6.07, 6.45) is 9.26. The normalized spacial score (nSPS) is 49.2. The molecule has 4 aliphatic rings. The monoisotopic (exact) mass is 311 g/mol. The van der Waals surface area contributed by atoms with E-state index in [1.807, 2.05) is 0 Å². The highest BCUT2D eigenvalue weighted by Crippen LogP contribution is 2.66. The Kier molecular flexibility index (Phi) is 3.32. The van der Waals surface area contributed by atoms with E-state index in [9.17, 15) is 4.79 Å². The largest absolute Gasteiger partial charge is 0.308 e. The van der Waals surface area contributed by atoms with E-state index in [-0.39, 0.29) is 11.2 Å². The number of ketones is 1. The molecular weight excluding hydrogens is 282 g/mol. The highest BCUT2D eigenvalue weighted by atomic mass is 16.1. The van der Waals surface area contributed by atoms with Crippen molar-refractivity contribution < 1.29 is 4.79 Å². The maximum absolute atomic E-state index is 12.2. The van der Waals surface area contributed by atoms with Gasteiger partial charge in [0.2, 0.25) is 5.70 Å². The van der Waals surface area contributed by atoms with Crippen LogP contribution in [0.1, 0.15) is 72.1 Å². The van der Waals surface area contributed by atoms with Crippen LogP contribution in [0.5, 0.6) is 0 Å².